The molecule has 0 saturated carbocycles. The number of aryl methyl sites for hydroxylation is 1. The highest BCUT2D eigenvalue weighted by molar-refractivity contribution is 6.35. The van der Waals surface area contributed by atoms with E-state index in [0.29, 0.717) is 11.6 Å². The Bertz CT molecular complexity index is 447. The normalized spacial score (nSPS) is 11.0. The van der Waals surface area contributed by atoms with Gasteiger partial charge >= 0.3 is 0 Å². The van der Waals surface area contributed by atoms with Gasteiger partial charge in [-0.3, -0.25) is 0 Å². The topological polar surface area (TPSA) is 54.7 Å². The molecule has 0 atom stereocenters. The van der Waals surface area contributed by atoms with Crippen LogP contribution in [-0.2, 0) is 6.54 Å². The molecule has 0 saturated heterocycles. The molecule has 68 valence electrons. The van der Waals surface area contributed by atoms with Crippen LogP contribution in [0.4, 0.5) is 0 Å². The molecule has 0 spiro atoms. The molecule has 3 N–H and O–H groups in total. The van der Waals surface area contributed by atoms with Gasteiger partial charge in [0.2, 0.25) is 0 Å². The minimum Gasteiger partial charge on any atom is -0.341 e. The van der Waals surface area contributed by atoms with Gasteiger partial charge in [0, 0.05) is 0 Å². The van der Waals surface area contributed by atoms with E-state index in [1.807, 2.05) is 19.1 Å². The van der Waals surface area contributed by atoms with Gasteiger partial charge < -0.3 is 10.7 Å². The first-order chi connectivity index (χ1) is 6.20. The zero-order valence-electron chi connectivity index (χ0n) is 7.26. The molecular weight excluding hydrogens is 186 g/mol. The van der Waals surface area contributed by atoms with E-state index in [2.05, 4.69) is 9.97 Å². The summed E-state index contributed by atoms with van der Waals surface area (Å²) in [6.45, 7) is 2.40. The number of nitrogens with two attached hydrogens (primary N) is 1. The highest BCUT2D eigenvalue weighted by atomic mass is 35.5. The van der Waals surface area contributed by atoms with Crippen LogP contribution in [-0.4, -0.2) is 9.97 Å². The van der Waals surface area contributed by atoms with E-state index in [1.54, 1.807) is 0 Å². The van der Waals surface area contributed by atoms with Crippen molar-refractivity contribution in [1.82, 2.24) is 9.97 Å². The van der Waals surface area contributed by atoms with Crippen LogP contribution in [0.2, 0.25) is 5.02 Å². The Hall–Kier alpha value is -1.06. The Morgan fingerprint density at radius 3 is 3.00 bits per heavy atom. The van der Waals surface area contributed by atoms with Gasteiger partial charge in [-0.15, -0.1) is 0 Å². The number of hydrogen-bond donors (Lipinski definition) is 2. The number of fused-ring (bicyclic) bond motifs is 1. The first kappa shape index (κ1) is 8.53. The second kappa shape index (κ2) is 3.01. The van der Waals surface area contributed by atoms with Crippen molar-refractivity contribution in [1.29, 1.82) is 0 Å². The number of hydrogen-bond acceptors (Lipinski definition) is 2. The van der Waals surface area contributed by atoms with Gasteiger partial charge in [-0.1, -0.05) is 11.6 Å². The van der Waals surface area contributed by atoms with E-state index in [9.17, 15) is 0 Å². The summed E-state index contributed by atoms with van der Waals surface area (Å²) in [5.41, 5.74) is 8.33. The number of rotatable bonds is 1. The molecule has 1 aromatic heterocycles. The lowest BCUT2D eigenvalue weighted by molar-refractivity contribution is 0.958. The van der Waals surface area contributed by atoms with Crippen molar-refractivity contribution in [3.63, 3.8) is 0 Å². The van der Waals surface area contributed by atoms with E-state index >= 15 is 0 Å². The average Bonchev–Trinajstić information content (AvgIpc) is 2.47. The number of nitrogens with one attached hydrogen (secondary N) is 1. The molecule has 0 amide bonds. The predicted octanol–water partition coefficient (Wildman–Crippen LogP) is 1.98. The third-order valence-corrected chi connectivity index (χ3v) is 2.21. The molecule has 0 aliphatic rings. The number of H-pyrrole nitrogens is 1. The van der Waals surface area contributed by atoms with Crippen LogP contribution >= 0.6 is 11.6 Å². The quantitative estimate of drug-likeness (QED) is 0.731. The third kappa shape index (κ3) is 1.41. The maximum atomic E-state index is 6.01. The van der Waals surface area contributed by atoms with Gasteiger partial charge in [-0.25, -0.2) is 4.98 Å². The Balaban J connectivity index is 2.75. The van der Waals surface area contributed by atoms with E-state index < -0.39 is 0 Å². The first-order valence-electron chi connectivity index (χ1n) is 4.05. The lowest BCUT2D eigenvalue weighted by Gasteiger charge is -1.94. The third-order valence-electron chi connectivity index (χ3n) is 1.93. The zero-order chi connectivity index (χ0) is 9.42. The van der Waals surface area contributed by atoms with E-state index in [1.165, 1.54) is 0 Å². The molecule has 2 rings (SSSR count). The molecule has 0 aliphatic carbocycles. The minimum absolute atomic E-state index is 0.407. The second-order valence-corrected chi connectivity index (χ2v) is 3.44. The summed E-state index contributed by atoms with van der Waals surface area (Å²) in [4.78, 5) is 7.37. The Kier molecular flexibility index (Phi) is 1.98. The van der Waals surface area contributed by atoms with Gasteiger partial charge in [0.05, 0.1) is 17.1 Å². The van der Waals surface area contributed by atoms with Gasteiger partial charge in [-0.05, 0) is 24.6 Å². The molecule has 1 heterocycles. The summed E-state index contributed by atoms with van der Waals surface area (Å²) in [6.07, 6.45) is 0. The molecule has 0 unspecified atom stereocenters. The molecule has 0 fully saturated rings. The molecule has 0 radical (unpaired) electrons. The van der Waals surface area contributed by atoms with E-state index in [-0.39, 0.29) is 0 Å². The fraction of sp³-hybridized carbons (Fsp3) is 0.222. The van der Waals surface area contributed by atoms with Crippen LogP contribution in [0, 0.1) is 6.92 Å². The SMILES string of the molecule is Cc1cc(Cl)c2nc(CN)[nH]c2c1. The largest absolute Gasteiger partial charge is 0.341 e. The Labute approximate surface area is 80.9 Å². The number of halogens is 1. The van der Waals surface area contributed by atoms with Gasteiger partial charge in [0.15, 0.2) is 0 Å². The van der Waals surface area contributed by atoms with Crippen molar-refractivity contribution in [2.24, 2.45) is 5.73 Å². The van der Waals surface area contributed by atoms with E-state index in [4.69, 9.17) is 17.3 Å². The molecule has 4 heteroatoms. The van der Waals surface area contributed by atoms with Crippen LogP contribution in [0.1, 0.15) is 11.4 Å². The van der Waals surface area contributed by atoms with Gasteiger partial charge in [0.25, 0.3) is 0 Å². The molecule has 0 bridgehead atoms. The minimum atomic E-state index is 0.407. The summed E-state index contributed by atoms with van der Waals surface area (Å²) in [6, 6.07) is 3.90. The summed E-state index contributed by atoms with van der Waals surface area (Å²) in [5, 5.41) is 0.672. The number of nitrogens with zero attached hydrogens (tertiary/aromatic N) is 1. The Morgan fingerprint density at radius 2 is 2.31 bits per heavy atom. The van der Waals surface area contributed by atoms with Crippen molar-refractivity contribution in [2.75, 3.05) is 0 Å². The number of aromatic nitrogens is 2. The number of aromatic amines is 1. The van der Waals surface area contributed by atoms with E-state index in [0.717, 1.165) is 22.4 Å². The van der Waals surface area contributed by atoms with Gasteiger partial charge in [0.1, 0.15) is 11.3 Å². The number of imidazole rings is 1. The monoisotopic (exact) mass is 195 g/mol. The second-order valence-electron chi connectivity index (χ2n) is 3.03. The Morgan fingerprint density at radius 1 is 1.54 bits per heavy atom. The van der Waals surface area contributed by atoms with Crippen LogP contribution in [0.3, 0.4) is 0 Å². The molecule has 13 heavy (non-hydrogen) atoms. The lowest BCUT2D eigenvalue weighted by Crippen LogP contribution is -1.97. The predicted molar refractivity (Wildman–Crippen MR) is 53.7 cm³/mol. The van der Waals surface area contributed by atoms with Crippen molar-refractivity contribution in [3.8, 4) is 0 Å². The summed E-state index contributed by atoms with van der Waals surface area (Å²) in [7, 11) is 0. The molecule has 2 aromatic rings. The van der Waals surface area contributed by atoms with Crippen LogP contribution in [0.15, 0.2) is 12.1 Å². The van der Waals surface area contributed by atoms with Crippen molar-refractivity contribution in [3.05, 3.63) is 28.5 Å². The summed E-state index contributed by atoms with van der Waals surface area (Å²) < 4.78 is 0. The highest BCUT2D eigenvalue weighted by Crippen LogP contribution is 2.22. The maximum absolute atomic E-state index is 6.01. The lowest BCUT2D eigenvalue weighted by atomic mass is 10.2. The van der Waals surface area contributed by atoms with Crippen molar-refractivity contribution in [2.45, 2.75) is 13.5 Å². The maximum Gasteiger partial charge on any atom is 0.121 e. The summed E-state index contributed by atoms with van der Waals surface area (Å²) >= 11 is 6.01. The average molecular weight is 196 g/mol. The first-order valence-corrected chi connectivity index (χ1v) is 4.43. The van der Waals surface area contributed by atoms with Crippen molar-refractivity contribution < 1.29 is 0 Å². The van der Waals surface area contributed by atoms with Crippen LogP contribution in [0.25, 0.3) is 11.0 Å². The fourth-order valence-corrected chi connectivity index (χ4v) is 1.67. The molecule has 3 nitrogen and oxygen atoms in total. The standard InChI is InChI=1S/C9H10ClN3/c1-5-2-6(10)9-7(3-5)12-8(4-11)13-9/h2-3H,4,11H2,1H3,(H,12,13). The van der Waals surface area contributed by atoms with Gasteiger partial charge in [-0.2, -0.15) is 0 Å². The van der Waals surface area contributed by atoms with Crippen molar-refractivity contribution >= 4 is 22.6 Å². The zero-order valence-corrected chi connectivity index (χ0v) is 8.02. The molecular formula is C9H10ClN3. The molecule has 1 aromatic carbocycles. The highest BCUT2D eigenvalue weighted by Gasteiger charge is 2.05. The summed E-state index contributed by atoms with van der Waals surface area (Å²) in [5.74, 6) is 0.766. The smallest absolute Gasteiger partial charge is 0.121 e. The number of benzene rings is 1. The molecule has 0 aliphatic heterocycles. The van der Waals surface area contributed by atoms with Crippen LogP contribution < -0.4 is 5.73 Å². The fourth-order valence-electron chi connectivity index (χ4n) is 1.36. The van der Waals surface area contributed by atoms with Crippen LogP contribution in [0.5, 0.6) is 0 Å².